The molecule has 5 heteroatoms. The second-order valence-electron chi connectivity index (χ2n) is 3.79. The van der Waals surface area contributed by atoms with Crippen molar-refractivity contribution in [1.82, 2.24) is 10.6 Å². The monoisotopic (exact) mass is 334 g/mol. The predicted molar refractivity (Wildman–Crippen MR) is 67.9 cm³/mol. The van der Waals surface area contributed by atoms with E-state index in [4.69, 9.17) is 0 Å². The van der Waals surface area contributed by atoms with Crippen LogP contribution in [0.1, 0.15) is 16.8 Å². The first-order valence-electron chi connectivity index (χ1n) is 5.13. The van der Waals surface area contributed by atoms with E-state index in [0.717, 1.165) is 19.5 Å². The van der Waals surface area contributed by atoms with Gasteiger partial charge in [0.15, 0.2) is 0 Å². The zero-order valence-electron chi connectivity index (χ0n) is 8.59. The van der Waals surface area contributed by atoms with Crippen LogP contribution in [0.4, 0.5) is 4.39 Å². The van der Waals surface area contributed by atoms with Crippen LogP contribution in [0, 0.1) is 9.39 Å². The molecule has 3 nitrogen and oxygen atoms in total. The summed E-state index contributed by atoms with van der Waals surface area (Å²) < 4.78 is 13.5. The zero-order valence-corrected chi connectivity index (χ0v) is 10.8. The Kier molecular flexibility index (Phi) is 3.75. The molecule has 1 aromatic carbocycles. The van der Waals surface area contributed by atoms with Crippen molar-refractivity contribution >= 4 is 28.5 Å². The van der Waals surface area contributed by atoms with Gasteiger partial charge in [-0.1, -0.05) is 0 Å². The van der Waals surface area contributed by atoms with Crippen molar-refractivity contribution in [1.29, 1.82) is 0 Å². The summed E-state index contributed by atoms with van der Waals surface area (Å²) in [5.41, 5.74) is 0.536. The van der Waals surface area contributed by atoms with Crippen LogP contribution in [0.25, 0.3) is 0 Å². The smallest absolute Gasteiger partial charge is 0.252 e. The maximum absolute atomic E-state index is 12.9. The fourth-order valence-electron chi connectivity index (χ4n) is 1.71. The highest BCUT2D eigenvalue weighted by Crippen LogP contribution is 2.14. The van der Waals surface area contributed by atoms with Gasteiger partial charge in [0.1, 0.15) is 5.82 Å². The second kappa shape index (κ2) is 5.09. The summed E-state index contributed by atoms with van der Waals surface area (Å²) in [4.78, 5) is 11.9. The van der Waals surface area contributed by atoms with E-state index in [0.29, 0.717) is 9.13 Å². The van der Waals surface area contributed by atoms with Gasteiger partial charge in [-0.3, -0.25) is 4.79 Å². The lowest BCUT2D eigenvalue weighted by molar-refractivity contribution is 0.0939. The summed E-state index contributed by atoms with van der Waals surface area (Å²) in [6.45, 7) is 1.75. The Hall–Kier alpha value is -0.690. The van der Waals surface area contributed by atoms with Crippen LogP contribution in [0.2, 0.25) is 0 Å². The first-order valence-corrected chi connectivity index (χ1v) is 6.21. The average molecular weight is 334 g/mol. The molecule has 0 radical (unpaired) electrons. The van der Waals surface area contributed by atoms with Crippen molar-refractivity contribution < 1.29 is 9.18 Å². The third-order valence-electron chi connectivity index (χ3n) is 2.57. The number of amides is 1. The maximum atomic E-state index is 12.9. The van der Waals surface area contributed by atoms with Crippen LogP contribution >= 0.6 is 22.6 Å². The largest absolute Gasteiger partial charge is 0.348 e. The first kappa shape index (κ1) is 11.8. The molecule has 1 fully saturated rings. The number of nitrogens with one attached hydrogen (secondary N) is 2. The molecule has 0 aromatic heterocycles. The van der Waals surface area contributed by atoms with Gasteiger partial charge in [-0.15, -0.1) is 0 Å². The summed E-state index contributed by atoms with van der Waals surface area (Å²) in [6.07, 6.45) is 0.948. The minimum absolute atomic E-state index is 0.127. The molecular weight excluding hydrogens is 322 g/mol. The maximum Gasteiger partial charge on any atom is 0.252 e. The van der Waals surface area contributed by atoms with Crippen LogP contribution in [-0.4, -0.2) is 25.0 Å². The lowest BCUT2D eigenvalue weighted by atomic mass is 10.2. The van der Waals surface area contributed by atoms with E-state index in [1.54, 1.807) is 0 Å². The standard InChI is InChI=1S/C11H12FIN2O/c12-7-1-2-9(10(13)5-7)11(16)15-8-3-4-14-6-8/h1-2,5,8,14H,3-4,6H2,(H,15,16)/t8-/m1/s1. The Morgan fingerprint density at radius 2 is 2.38 bits per heavy atom. The van der Waals surface area contributed by atoms with Gasteiger partial charge in [0, 0.05) is 16.2 Å². The quantitative estimate of drug-likeness (QED) is 0.806. The Morgan fingerprint density at radius 1 is 1.56 bits per heavy atom. The number of benzene rings is 1. The Labute approximate surface area is 107 Å². The predicted octanol–water partition coefficient (Wildman–Crippen LogP) is 1.52. The molecule has 0 saturated carbocycles. The fourth-order valence-corrected chi connectivity index (χ4v) is 2.44. The summed E-state index contributed by atoms with van der Waals surface area (Å²) >= 11 is 1.97. The van der Waals surface area contributed by atoms with Gasteiger partial charge in [0.25, 0.3) is 5.91 Å². The third-order valence-corrected chi connectivity index (χ3v) is 3.46. The van der Waals surface area contributed by atoms with Gasteiger partial charge in [0.05, 0.1) is 5.56 Å². The normalized spacial score (nSPS) is 19.8. The highest BCUT2D eigenvalue weighted by molar-refractivity contribution is 14.1. The third kappa shape index (κ3) is 2.70. The van der Waals surface area contributed by atoms with Crippen molar-refractivity contribution in [2.24, 2.45) is 0 Å². The second-order valence-corrected chi connectivity index (χ2v) is 4.95. The number of hydrogen-bond donors (Lipinski definition) is 2. The van der Waals surface area contributed by atoms with Crippen LogP contribution in [0.5, 0.6) is 0 Å². The van der Waals surface area contributed by atoms with Crippen LogP contribution in [-0.2, 0) is 0 Å². The average Bonchev–Trinajstić information content (AvgIpc) is 2.70. The topological polar surface area (TPSA) is 41.1 Å². The lowest BCUT2D eigenvalue weighted by Gasteiger charge is -2.12. The summed E-state index contributed by atoms with van der Waals surface area (Å²) in [6, 6.07) is 4.38. The van der Waals surface area contributed by atoms with Gasteiger partial charge >= 0.3 is 0 Å². The van der Waals surface area contributed by atoms with Crippen LogP contribution < -0.4 is 10.6 Å². The number of hydrogen-bond acceptors (Lipinski definition) is 2. The van der Waals surface area contributed by atoms with Crippen LogP contribution in [0.3, 0.4) is 0 Å². The molecule has 2 N–H and O–H groups in total. The molecule has 86 valence electrons. The van der Waals surface area contributed by atoms with Gasteiger partial charge in [-0.2, -0.15) is 0 Å². The summed E-state index contributed by atoms with van der Waals surface area (Å²) in [5.74, 6) is -0.443. The fraction of sp³-hybridized carbons (Fsp3) is 0.364. The Bertz CT molecular complexity index is 405. The van der Waals surface area contributed by atoms with Crippen molar-refractivity contribution in [3.63, 3.8) is 0 Å². The van der Waals surface area contributed by atoms with Crippen molar-refractivity contribution in [3.8, 4) is 0 Å². The molecule has 1 saturated heterocycles. The molecule has 1 aromatic rings. The van der Waals surface area contributed by atoms with Crippen molar-refractivity contribution in [2.45, 2.75) is 12.5 Å². The molecule has 2 rings (SSSR count). The van der Waals surface area contributed by atoms with E-state index in [-0.39, 0.29) is 17.8 Å². The lowest BCUT2D eigenvalue weighted by Crippen LogP contribution is -2.36. The van der Waals surface area contributed by atoms with E-state index in [1.807, 2.05) is 22.6 Å². The number of rotatable bonds is 2. The Balaban J connectivity index is 2.08. The molecule has 0 bridgehead atoms. The molecule has 0 aliphatic carbocycles. The van der Waals surface area contributed by atoms with E-state index < -0.39 is 0 Å². The molecule has 0 unspecified atom stereocenters. The van der Waals surface area contributed by atoms with E-state index >= 15 is 0 Å². The Morgan fingerprint density at radius 3 is 3.00 bits per heavy atom. The summed E-state index contributed by atoms with van der Waals surface area (Å²) in [5, 5.41) is 6.10. The van der Waals surface area contributed by atoms with Gasteiger partial charge < -0.3 is 10.6 Å². The summed E-state index contributed by atoms with van der Waals surface area (Å²) in [7, 11) is 0. The first-order chi connectivity index (χ1) is 7.66. The van der Waals surface area contributed by atoms with Gasteiger partial charge in [-0.05, 0) is 53.8 Å². The van der Waals surface area contributed by atoms with Crippen molar-refractivity contribution in [3.05, 3.63) is 33.1 Å². The SMILES string of the molecule is O=C(N[C@@H]1CCNC1)c1ccc(F)cc1I. The minimum Gasteiger partial charge on any atom is -0.348 e. The molecule has 1 aliphatic rings. The van der Waals surface area contributed by atoms with E-state index in [1.165, 1.54) is 18.2 Å². The molecular formula is C11H12FIN2O. The van der Waals surface area contributed by atoms with E-state index in [2.05, 4.69) is 10.6 Å². The zero-order chi connectivity index (χ0) is 11.5. The number of carbonyl (C=O) groups is 1. The number of halogens is 2. The van der Waals surface area contributed by atoms with E-state index in [9.17, 15) is 9.18 Å². The van der Waals surface area contributed by atoms with Crippen molar-refractivity contribution in [2.75, 3.05) is 13.1 Å². The molecule has 16 heavy (non-hydrogen) atoms. The highest BCUT2D eigenvalue weighted by Gasteiger charge is 2.18. The molecule has 1 amide bonds. The molecule has 0 spiro atoms. The van der Waals surface area contributed by atoms with Gasteiger partial charge in [-0.25, -0.2) is 4.39 Å². The highest BCUT2D eigenvalue weighted by atomic mass is 127. The van der Waals surface area contributed by atoms with Crippen LogP contribution in [0.15, 0.2) is 18.2 Å². The minimum atomic E-state index is -0.316. The molecule has 1 atom stereocenters. The molecule has 1 aliphatic heterocycles. The van der Waals surface area contributed by atoms with Gasteiger partial charge in [0.2, 0.25) is 0 Å². The molecule has 1 heterocycles. The number of carbonyl (C=O) groups excluding carboxylic acids is 1.